The topological polar surface area (TPSA) is 15.3 Å². The van der Waals surface area contributed by atoms with Crippen LogP contribution in [0, 0.1) is 0 Å². The number of benzene rings is 1. The molecule has 0 saturated carbocycles. The van der Waals surface area contributed by atoms with Crippen LogP contribution >= 0.6 is 0 Å². The van der Waals surface area contributed by atoms with Gasteiger partial charge in [-0.2, -0.15) is 0 Å². The average molecular weight is 216 g/mol. The lowest BCUT2D eigenvalue weighted by molar-refractivity contribution is 0.255. The maximum absolute atomic E-state index is 3.48. The van der Waals surface area contributed by atoms with E-state index >= 15 is 0 Å². The first-order valence-electron chi connectivity index (χ1n) is 6.38. The van der Waals surface area contributed by atoms with Gasteiger partial charge in [-0.1, -0.05) is 12.1 Å². The van der Waals surface area contributed by atoms with Crippen molar-refractivity contribution in [2.45, 2.75) is 25.2 Å². The second-order valence-electron chi connectivity index (χ2n) is 5.17. The van der Waals surface area contributed by atoms with E-state index in [1.165, 1.54) is 43.6 Å². The van der Waals surface area contributed by atoms with Crippen molar-refractivity contribution in [1.82, 2.24) is 4.90 Å². The van der Waals surface area contributed by atoms with Crippen LogP contribution in [0.15, 0.2) is 18.2 Å². The van der Waals surface area contributed by atoms with Gasteiger partial charge in [0.25, 0.3) is 0 Å². The van der Waals surface area contributed by atoms with E-state index in [0.717, 1.165) is 12.5 Å². The molecule has 0 spiro atoms. The molecule has 0 unspecified atom stereocenters. The molecule has 86 valence electrons. The first kappa shape index (κ1) is 10.2. The molecule has 0 amide bonds. The average Bonchev–Trinajstić information content (AvgIpc) is 2.77. The molecule has 1 fully saturated rings. The Hall–Kier alpha value is -1.02. The maximum Gasteiger partial charge on any atom is 0.0376 e. The van der Waals surface area contributed by atoms with Gasteiger partial charge in [-0.05, 0) is 62.5 Å². The molecule has 1 saturated heterocycles. The number of fused-ring (bicyclic) bond motifs is 1. The molecule has 2 heteroatoms. The van der Waals surface area contributed by atoms with Gasteiger partial charge in [-0.25, -0.2) is 0 Å². The van der Waals surface area contributed by atoms with Gasteiger partial charge in [0, 0.05) is 12.2 Å². The summed E-state index contributed by atoms with van der Waals surface area (Å²) in [5.41, 5.74) is 4.43. The van der Waals surface area contributed by atoms with Gasteiger partial charge >= 0.3 is 0 Å². The SMILES string of the molecule is CN1CCC(c2ccc3c(c2)NCC3)CC1. The van der Waals surface area contributed by atoms with E-state index in [1.54, 1.807) is 5.56 Å². The van der Waals surface area contributed by atoms with Crippen molar-refractivity contribution in [2.75, 3.05) is 32.0 Å². The monoisotopic (exact) mass is 216 g/mol. The Bertz CT molecular complexity index is 378. The second kappa shape index (κ2) is 4.10. The zero-order valence-corrected chi connectivity index (χ0v) is 10.00. The maximum atomic E-state index is 3.48. The molecule has 0 aromatic heterocycles. The molecule has 16 heavy (non-hydrogen) atoms. The van der Waals surface area contributed by atoms with E-state index in [0.29, 0.717) is 0 Å². The van der Waals surface area contributed by atoms with Gasteiger partial charge in [0.1, 0.15) is 0 Å². The minimum absolute atomic E-state index is 0.781. The second-order valence-corrected chi connectivity index (χ2v) is 5.17. The third-order valence-corrected chi connectivity index (χ3v) is 4.03. The largest absolute Gasteiger partial charge is 0.384 e. The highest BCUT2D eigenvalue weighted by molar-refractivity contribution is 5.57. The molecule has 1 aromatic rings. The van der Waals surface area contributed by atoms with Gasteiger partial charge < -0.3 is 10.2 Å². The molecular formula is C14H20N2. The Labute approximate surface area is 97.6 Å². The van der Waals surface area contributed by atoms with Gasteiger partial charge in [0.15, 0.2) is 0 Å². The van der Waals surface area contributed by atoms with Crippen LogP contribution in [0.5, 0.6) is 0 Å². The molecule has 1 N–H and O–H groups in total. The molecule has 2 nitrogen and oxygen atoms in total. The summed E-state index contributed by atoms with van der Waals surface area (Å²) >= 11 is 0. The lowest BCUT2D eigenvalue weighted by Crippen LogP contribution is -2.29. The number of likely N-dealkylation sites (tertiary alicyclic amines) is 1. The lowest BCUT2D eigenvalue weighted by atomic mass is 9.89. The zero-order valence-electron chi connectivity index (χ0n) is 10.00. The van der Waals surface area contributed by atoms with Crippen LogP contribution in [0.3, 0.4) is 0 Å². The molecule has 2 aliphatic rings. The molecule has 0 bridgehead atoms. The van der Waals surface area contributed by atoms with Gasteiger partial charge in [0.2, 0.25) is 0 Å². The first-order valence-corrected chi connectivity index (χ1v) is 6.38. The molecule has 0 radical (unpaired) electrons. The Morgan fingerprint density at radius 2 is 2.06 bits per heavy atom. The summed E-state index contributed by atoms with van der Waals surface area (Å²) in [5.74, 6) is 0.781. The fraction of sp³-hybridized carbons (Fsp3) is 0.571. The summed E-state index contributed by atoms with van der Waals surface area (Å²) in [6, 6.07) is 7.06. The molecule has 3 rings (SSSR count). The van der Waals surface area contributed by atoms with Crippen molar-refractivity contribution < 1.29 is 0 Å². The number of rotatable bonds is 1. The standard InChI is InChI=1S/C14H20N2/c1-16-8-5-11(6-9-16)13-3-2-12-4-7-15-14(12)10-13/h2-3,10-11,15H,4-9H2,1H3. The smallest absolute Gasteiger partial charge is 0.0376 e. The van der Waals surface area contributed by atoms with Crippen LogP contribution in [0.2, 0.25) is 0 Å². The van der Waals surface area contributed by atoms with Crippen molar-refractivity contribution in [1.29, 1.82) is 0 Å². The molecular weight excluding hydrogens is 196 g/mol. The summed E-state index contributed by atoms with van der Waals surface area (Å²) in [5, 5.41) is 3.48. The van der Waals surface area contributed by atoms with E-state index < -0.39 is 0 Å². The summed E-state index contributed by atoms with van der Waals surface area (Å²) in [6.45, 7) is 3.61. The number of hydrogen-bond acceptors (Lipinski definition) is 2. The fourth-order valence-corrected chi connectivity index (χ4v) is 2.90. The van der Waals surface area contributed by atoms with E-state index in [-0.39, 0.29) is 0 Å². The highest BCUT2D eigenvalue weighted by atomic mass is 15.1. The van der Waals surface area contributed by atoms with E-state index in [4.69, 9.17) is 0 Å². The van der Waals surface area contributed by atoms with Gasteiger partial charge in [-0.15, -0.1) is 0 Å². The van der Waals surface area contributed by atoms with Crippen LogP contribution in [0.1, 0.15) is 29.9 Å². The summed E-state index contributed by atoms with van der Waals surface area (Å²) in [6.07, 6.45) is 3.83. The van der Waals surface area contributed by atoms with Gasteiger partial charge in [-0.3, -0.25) is 0 Å². The molecule has 1 aromatic carbocycles. The molecule has 0 aliphatic carbocycles. The normalized spacial score (nSPS) is 21.8. The third-order valence-electron chi connectivity index (χ3n) is 4.03. The minimum Gasteiger partial charge on any atom is -0.384 e. The van der Waals surface area contributed by atoms with Crippen molar-refractivity contribution in [3.63, 3.8) is 0 Å². The Kier molecular flexibility index (Phi) is 2.60. The Morgan fingerprint density at radius 3 is 2.88 bits per heavy atom. The van der Waals surface area contributed by atoms with Crippen molar-refractivity contribution in [2.24, 2.45) is 0 Å². The fourth-order valence-electron chi connectivity index (χ4n) is 2.90. The third kappa shape index (κ3) is 1.82. The van der Waals surface area contributed by atoms with Crippen LogP contribution in [0.25, 0.3) is 0 Å². The Balaban J connectivity index is 1.79. The number of nitrogens with one attached hydrogen (secondary N) is 1. The van der Waals surface area contributed by atoms with E-state index in [1.807, 2.05) is 0 Å². The first-order chi connectivity index (χ1) is 7.83. The van der Waals surface area contributed by atoms with Crippen molar-refractivity contribution in [3.05, 3.63) is 29.3 Å². The summed E-state index contributed by atoms with van der Waals surface area (Å²) in [7, 11) is 2.22. The predicted octanol–water partition coefficient (Wildman–Crippen LogP) is 2.46. The number of hydrogen-bond donors (Lipinski definition) is 1. The van der Waals surface area contributed by atoms with Crippen LogP contribution in [-0.2, 0) is 6.42 Å². The summed E-state index contributed by atoms with van der Waals surface area (Å²) in [4.78, 5) is 2.43. The molecule has 2 heterocycles. The molecule has 2 aliphatic heterocycles. The summed E-state index contributed by atoms with van der Waals surface area (Å²) < 4.78 is 0. The highest BCUT2D eigenvalue weighted by Gasteiger charge is 2.20. The molecule has 0 atom stereocenters. The highest BCUT2D eigenvalue weighted by Crippen LogP contribution is 2.32. The van der Waals surface area contributed by atoms with Crippen LogP contribution < -0.4 is 5.32 Å². The number of piperidine rings is 1. The van der Waals surface area contributed by atoms with Gasteiger partial charge in [0.05, 0.1) is 0 Å². The van der Waals surface area contributed by atoms with E-state index in [2.05, 4.69) is 35.5 Å². The zero-order chi connectivity index (χ0) is 11.0. The van der Waals surface area contributed by atoms with E-state index in [9.17, 15) is 0 Å². The quantitative estimate of drug-likeness (QED) is 0.776. The predicted molar refractivity (Wildman–Crippen MR) is 68.1 cm³/mol. The van der Waals surface area contributed by atoms with Crippen molar-refractivity contribution >= 4 is 5.69 Å². The minimum atomic E-state index is 0.781. The van der Waals surface area contributed by atoms with Crippen molar-refractivity contribution in [3.8, 4) is 0 Å². The Morgan fingerprint density at radius 1 is 1.25 bits per heavy atom. The van der Waals surface area contributed by atoms with Crippen LogP contribution in [-0.4, -0.2) is 31.6 Å². The number of anilines is 1. The number of nitrogens with zero attached hydrogens (tertiary/aromatic N) is 1. The van der Waals surface area contributed by atoms with Crippen LogP contribution in [0.4, 0.5) is 5.69 Å². The lowest BCUT2D eigenvalue weighted by Gasteiger charge is -2.29.